The number of fused-ring (bicyclic) bond motifs is 2. The fourth-order valence-corrected chi connectivity index (χ4v) is 5.99. The monoisotopic (exact) mass is 629 g/mol. The summed E-state index contributed by atoms with van der Waals surface area (Å²) in [7, 11) is 0. The molecule has 6 rings (SSSR count). The minimum absolute atomic E-state index is 0.178. The van der Waals surface area contributed by atoms with Crippen molar-refractivity contribution in [2.75, 3.05) is 18.4 Å². The smallest absolute Gasteiger partial charge is 0.336 e. The van der Waals surface area contributed by atoms with E-state index >= 15 is 0 Å². The van der Waals surface area contributed by atoms with Crippen LogP contribution in [0, 0.1) is 11.7 Å². The molecule has 14 heteroatoms. The van der Waals surface area contributed by atoms with Gasteiger partial charge in [0, 0.05) is 24.6 Å². The first kappa shape index (κ1) is 30.8. The van der Waals surface area contributed by atoms with E-state index in [9.17, 15) is 23.9 Å². The normalized spacial score (nSPS) is 22.2. The fourth-order valence-electron chi connectivity index (χ4n) is 5.99. The molecule has 2 aliphatic rings. The van der Waals surface area contributed by atoms with Gasteiger partial charge in [0.05, 0.1) is 30.5 Å². The molecule has 5 atom stereocenters. The lowest BCUT2D eigenvalue weighted by atomic mass is 10.0. The number of carbonyl (C=O) groups is 3. The third-order valence-electron chi connectivity index (χ3n) is 8.07. The number of rotatable bonds is 10. The molecule has 2 fully saturated rings. The van der Waals surface area contributed by atoms with Crippen LogP contribution in [0.2, 0.25) is 0 Å². The van der Waals surface area contributed by atoms with Gasteiger partial charge in [-0.05, 0) is 37.1 Å². The highest BCUT2D eigenvalue weighted by molar-refractivity contribution is 5.96. The van der Waals surface area contributed by atoms with E-state index in [1.165, 1.54) is 18.5 Å². The Kier molecular flexibility index (Phi) is 8.99. The van der Waals surface area contributed by atoms with Crippen LogP contribution in [0.5, 0.6) is 0 Å². The van der Waals surface area contributed by atoms with Gasteiger partial charge >= 0.3 is 12.0 Å². The maximum absolute atomic E-state index is 14.5. The van der Waals surface area contributed by atoms with E-state index in [2.05, 4.69) is 30.9 Å². The number of nitrogens with one attached hydrogen (secondary N) is 3. The highest BCUT2D eigenvalue weighted by Gasteiger charge is 2.52. The Hall–Kier alpha value is -5.21. The number of imidazole rings is 1. The van der Waals surface area contributed by atoms with Crippen molar-refractivity contribution in [2.24, 2.45) is 5.92 Å². The summed E-state index contributed by atoms with van der Waals surface area (Å²) in [6.45, 7) is 2.42. The summed E-state index contributed by atoms with van der Waals surface area (Å²) in [5.74, 6) is -2.55. The minimum Gasteiger partial charge on any atom is -0.478 e. The molecule has 3 heterocycles. The topological polar surface area (TPSA) is 170 Å². The summed E-state index contributed by atoms with van der Waals surface area (Å²) >= 11 is 0. The second kappa shape index (κ2) is 13.4. The maximum Gasteiger partial charge on any atom is 0.336 e. The lowest BCUT2D eigenvalue weighted by Crippen LogP contribution is -2.36. The van der Waals surface area contributed by atoms with Gasteiger partial charge in [-0.25, -0.2) is 28.9 Å². The van der Waals surface area contributed by atoms with E-state index in [1.807, 2.05) is 47.1 Å². The first-order valence-corrected chi connectivity index (χ1v) is 14.9. The lowest BCUT2D eigenvalue weighted by Gasteiger charge is -2.20. The van der Waals surface area contributed by atoms with Gasteiger partial charge in [0.2, 0.25) is 5.91 Å². The predicted octanol–water partition coefficient (Wildman–Crippen LogP) is 3.55. The molecule has 4 unspecified atom stereocenters. The number of aromatic nitrogens is 4. The van der Waals surface area contributed by atoms with Gasteiger partial charge in [-0.1, -0.05) is 42.5 Å². The van der Waals surface area contributed by atoms with Crippen molar-refractivity contribution in [3.8, 4) is 0 Å². The summed E-state index contributed by atoms with van der Waals surface area (Å²) in [5, 5.41) is 17.7. The molecule has 4 aromatic rings. The second-order valence-corrected chi connectivity index (χ2v) is 11.0. The quantitative estimate of drug-likeness (QED) is 0.205. The molecule has 1 saturated carbocycles. The highest BCUT2D eigenvalue weighted by atomic mass is 19.1. The largest absolute Gasteiger partial charge is 0.478 e. The van der Waals surface area contributed by atoms with Gasteiger partial charge < -0.3 is 29.8 Å². The van der Waals surface area contributed by atoms with Crippen LogP contribution in [-0.2, 0) is 20.7 Å². The molecule has 1 aliphatic carbocycles. The standard InChI is InChI=1S/C32H32FN7O6/c1-2-34-32(44)39-29-26-30(37-16-36-29)40(17-38-26)23-13-19(15-35-24(41)14-21-20(31(42)43)9-6-10-22(21)33)27-28(23)46-25(45-27)12-11-18-7-4-3-5-8-18/h3-12,16-17,19,23,25,27-28H,2,13-15H2,1H3,(H,35,41)(H,42,43)(H2,34,36,37,39,44)/b12-11+/t19?,23?,25-,27?,28?/m0/s1. The molecule has 0 spiro atoms. The Morgan fingerprint density at radius 1 is 1.04 bits per heavy atom. The zero-order valence-electron chi connectivity index (χ0n) is 24.8. The van der Waals surface area contributed by atoms with Crippen molar-refractivity contribution < 1.29 is 33.4 Å². The van der Waals surface area contributed by atoms with Gasteiger partial charge in [-0.2, -0.15) is 0 Å². The number of benzene rings is 2. The maximum atomic E-state index is 14.5. The number of carboxylic acid groups (broad SMARTS) is 1. The van der Waals surface area contributed by atoms with E-state index in [0.717, 1.165) is 11.6 Å². The van der Waals surface area contributed by atoms with E-state index in [0.29, 0.717) is 24.1 Å². The second-order valence-electron chi connectivity index (χ2n) is 11.0. The number of nitrogens with zero attached hydrogens (tertiary/aromatic N) is 4. The molecule has 2 aromatic carbocycles. The summed E-state index contributed by atoms with van der Waals surface area (Å²) in [4.78, 5) is 49.8. The Bertz CT molecular complexity index is 1780. The summed E-state index contributed by atoms with van der Waals surface area (Å²) < 4.78 is 29.1. The van der Waals surface area contributed by atoms with Crippen LogP contribution < -0.4 is 16.0 Å². The Morgan fingerprint density at radius 3 is 2.63 bits per heavy atom. The van der Waals surface area contributed by atoms with Crippen molar-refractivity contribution in [2.45, 2.75) is 44.3 Å². The number of carboxylic acids is 1. The SMILES string of the molecule is CCNC(=O)Nc1ncnc2c1ncn2C1CC(CNC(=O)Cc2c(F)cccc2C(=O)O)C2O[C@H](/C=C/c3ccccc3)OC21. The van der Waals surface area contributed by atoms with E-state index in [4.69, 9.17) is 9.47 Å². The zero-order chi connectivity index (χ0) is 32.2. The van der Waals surface area contributed by atoms with Crippen LogP contribution in [0.15, 0.2) is 67.3 Å². The number of hydrogen-bond acceptors (Lipinski definition) is 8. The minimum atomic E-state index is -1.31. The Balaban J connectivity index is 1.23. The van der Waals surface area contributed by atoms with Crippen molar-refractivity contribution >= 4 is 41.0 Å². The van der Waals surface area contributed by atoms with Crippen molar-refractivity contribution in [3.05, 3.63) is 89.8 Å². The Morgan fingerprint density at radius 2 is 1.85 bits per heavy atom. The third-order valence-corrected chi connectivity index (χ3v) is 8.07. The number of urea groups is 1. The number of ether oxygens (including phenoxy) is 2. The average Bonchev–Trinajstić information content (AvgIpc) is 3.75. The van der Waals surface area contributed by atoms with Crippen LogP contribution in [-0.4, -0.2) is 74.1 Å². The molecule has 0 bridgehead atoms. The highest BCUT2D eigenvalue weighted by Crippen LogP contribution is 2.45. The van der Waals surface area contributed by atoms with Crippen LogP contribution in [0.25, 0.3) is 17.2 Å². The summed E-state index contributed by atoms with van der Waals surface area (Å²) in [5.41, 5.74) is 1.43. The zero-order valence-corrected chi connectivity index (χ0v) is 24.8. The van der Waals surface area contributed by atoms with E-state index < -0.39 is 48.6 Å². The van der Waals surface area contributed by atoms with Crippen molar-refractivity contribution in [3.63, 3.8) is 0 Å². The van der Waals surface area contributed by atoms with Gasteiger partial charge in [0.15, 0.2) is 23.3 Å². The van der Waals surface area contributed by atoms with Gasteiger partial charge in [-0.3, -0.25) is 10.1 Å². The van der Waals surface area contributed by atoms with E-state index in [-0.39, 0.29) is 35.4 Å². The number of carbonyl (C=O) groups excluding carboxylic acids is 2. The molecular formula is C32H32FN7O6. The fraction of sp³-hybridized carbons (Fsp3) is 0.312. The molecule has 1 saturated heterocycles. The lowest BCUT2D eigenvalue weighted by molar-refractivity contribution is -0.120. The number of aromatic carboxylic acids is 1. The van der Waals surface area contributed by atoms with Crippen molar-refractivity contribution in [1.82, 2.24) is 30.2 Å². The van der Waals surface area contributed by atoms with E-state index in [1.54, 1.807) is 13.3 Å². The van der Waals surface area contributed by atoms with Crippen LogP contribution >= 0.6 is 0 Å². The molecule has 13 nitrogen and oxygen atoms in total. The molecule has 46 heavy (non-hydrogen) atoms. The number of halogens is 1. The molecule has 4 N–H and O–H groups in total. The summed E-state index contributed by atoms with van der Waals surface area (Å²) in [6, 6.07) is 12.7. The third kappa shape index (κ3) is 6.43. The predicted molar refractivity (Wildman–Crippen MR) is 164 cm³/mol. The molecule has 0 radical (unpaired) electrons. The molecule has 3 amide bonds. The number of amides is 3. The van der Waals surface area contributed by atoms with Crippen LogP contribution in [0.4, 0.5) is 15.0 Å². The van der Waals surface area contributed by atoms with Gasteiger partial charge in [0.1, 0.15) is 18.2 Å². The number of anilines is 1. The number of hydrogen-bond donors (Lipinski definition) is 4. The Labute approximate surface area is 262 Å². The average molecular weight is 630 g/mol. The molecular weight excluding hydrogens is 597 g/mol. The van der Waals surface area contributed by atoms with Gasteiger partial charge in [0.25, 0.3) is 0 Å². The molecule has 2 aromatic heterocycles. The van der Waals surface area contributed by atoms with Crippen LogP contribution in [0.1, 0.15) is 40.9 Å². The molecule has 1 aliphatic heterocycles. The van der Waals surface area contributed by atoms with Crippen molar-refractivity contribution in [1.29, 1.82) is 0 Å². The molecule has 238 valence electrons. The first-order valence-electron chi connectivity index (χ1n) is 14.9. The van der Waals surface area contributed by atoms with Gasteiger partial charge in [-0.15, -0.1) is 0 Å². The summed E-state index contributed by atoms with van der Waals surface area (Å²) in [6.07, 6.45) is 5.26. The van der Waals surface area contributed by atoms with Crippen LogP contribution in [0.3, 0.4) is 0 Å². The first-order chi connectivity index (χ1) is 22.3.